The third-order valence-corrected chi connectivity index (χ3v) is 9.15. The van der Waals surface area contributed by atoms with Gasteiger partial charge in [0.1, 0.15) is 10.9 Å². The summed E-state index contributed by atoms with van der Waals surface area (Å²) in [7, 11) is -4.27. The topological polar surface area (TPSA) is 166 Å². The average Bonchev–Trinajstić information content (AvgIpc) is 3.79. The third-order valence-electron chi connectivity index (χ3n) is 6.48. The van der Waals surface area contributed by atoms with Crippen LogP contribution >= 0.6 is 39.1 Å². The standard InChI is InChI=1S/C28H35BrCl2N4O8S/c1-3-41-25(42-4-2)16-35(20-10-11-20)27(37)22(13-17-5-7-18(29)8-6-17)34-26(36)23(43-28(32)38)15-33-44(39,40)24-12-9-19(30)14-21(24)31/h5-9,12,14,20,22-23,25,33H,3-4,10-11,13,15-16H2,1-2H3,(H2,32,38)(H,34,36). The molecule has 0 heterocycles. The van der Waals surface area contributed by atoms with E-state index < -0.39 is 52.9 Å². The van der Waals surface area contributed by atoms with E-state index in [-0.39, 0.29) is 33.9 Å². The van der Waals surface area contributed by atoms with E-state index in [0.29, 0.717) is 13.2 Å². The van der Waals surface area contributed by atoms with Gasteiger partial charge >= 0.3 is 6.09 Å². The molecule has 0 aliphatic heterocycles. The van der Waals surface area contributed by atoms with Crippen LogP contribution in [0.4, 0.5) is 4.79 Å². The molecule has 44 heavy (non-hydrogen) atoms. The predicted molar refractivity (Wildman–Crippen MR) is 168 cm³/mol. The summed E-state index contributed by atoms with van der Waals surface area (Å²) in [6.07, 6.45) is -2.07. The first kappa shape index (κ1) is 36.0. The minimum Gasteiger partial charge on any atom is -0.435 e. The van der Waals surface area contributed by atoms with Gasteiger partial charge in [0, 0.05) is 35.2 Å². The molecule has 0 saturated heterocycles. The Morgan fingerprint density at radius 3 is 2.25 bits per heavy atom. The van der Waals surface area contributed by atoms with Crippen molar-refractivity contribution < 1.29 is 37.0 Å². The van der Waals surface area contributed by atoms with Gasteiger partial charge in [0.15, 0.2) is 12.4 Å². The highest BCUT2D eigenvalue weighted by Gasteiger charge is 2.39. The van der Waals surface area contributed by atoms with Crippen LogP contribution in [-0.2, 0) is 40.2 Å². The van der Waals surface area contributed by atoms with Crippen LogP contribution in [0, 0.1) is 0 Å². The molecule has 2 aromatic carbocycles. The second-order valence-electron chi connectivity index (χ2n) is 9.81. The van der Waals surface area contributed by atoms with Gasteiger partial charge < -0.3 is 30.2 Å². The number of ether oxygens (including phenoxy) is 3. The minimum absolute atomic E-state index is 0.0659. The Kier molecular flexibility index (Phi) is 13.7. The molecule has 2 atom stereocenters. The van der Waals surface area contributed by atoms with E-state index in [0.717, 1.165) is 22.9 Å². The number of rotatable bonds is 17. The molecular formula is C28H35BrCl2N4O8S. The summed E-state index contributed by atoms with van der Waals surface area (Å²) >= 11 is 15.3. The molecule has 2 aromatic rings. The van der Waals surface area contributed by atoms with Gasteiger partial charge in [-0.15, -0.1) is 0 Å². The van der Waals surface area contributed by atoms with Crippen LogP contribution in [0.5, 0.6) is 0 Å². The molecule has 16 heteroatoms. The number of amides is 3. The Morgan fingerprint density at radius 2 is 1.70 bits per heavy atom. The summed E-state index contributed by atoms with van der Waals surface area (Å²) < 4.78 is 45.2. The second-order valence-corrected chi connectivity index (χ2v) is 13.3. The Balaban J connectivity index is 1.85. The van der Waals surface area contributed by atoms with Crippen LogP contribution < -0.4 is 15.8 Å². The third kappa shape index (κ3) is 10.9. The summed E-state index contributed by atoms with van der Waals surface area (Å²) in [5, 5.41) is 2.71. The zero-order valence-electron chi connectivity index (χ0n) is 24.1. The number of hydrogen-bond acceptors (Lipinski definition) is 8. The molecule has 1 aliphatic rings. The van der Waals surface area contributed by atoms with Crippen LogP contribution in [0.2, 0.25) is 10.0 Å². The van der Waals surface area contributed by atoms with Gasteiger partial charge in [-0.3, -0.25) is 9.59 Å². The summed E-state index contributed by atoms with van der Waals surface area (Å²) in [6.45, 7) is 3.83. The van der Waals surface area contributed by atoms with Crippen molar-refractivity contribution in [2.24, 2.45) is 5.73 Å². The number of carbonyl (C=O) groups excluding carboxylic acids is 3. The van der Waals surface area contributed by atoms with Gasteiger partial charge in [-0.05, 0) is 62.6 Å². The first-order valence-corrected chi connectivity index (χ1v) is 16.9. The lowest BCUT2D eigenvalue weighted by Crippen LogP contribution is -2.56. The maximum atomic E-state index is 14.0. The Labute approximate surface area is 275 Å². The highest BCUT2D eigenvalue weighted by Crippen LogP contribution is 2.29. The molecule has 1 saturated carbocycles. The molecule has 3 rings (SSSR count). The van der Waals surface area contributed by atoms with Crippen molar-refractivity contribution in [3.05, 3.63) is 62.5 Å². The minimum atomic E-state index is -4.27. The van der Waals surface area contributed by atoms with Gasteiger partial charge in [-0.25, -0.2) is 17.9 Å². The van der Waals surface area contributed by atoms with E-state index in [1.165, 1.54) is 18.2 Å². The number of nitrogens with zero attached hydrogens (tertiary/aromatic N) is 1. The highest BCUT2D eigenvalue weighted by molar-refractivity contribution is 9.10. The number of primary amides is 1. The quantitative estimate of drug-likeness (QED) is 0.207. The van der Waals surface area contributed by atoms with E-state index in [2.05, 4.69) is 26.0 Å². The van der Waals surface area contributed by atoms with Crippen molar-refractivity contribution in [2.45, 2.75) is 62.5 Å². The van der Waals surface area contributed by atoms with Gasteiger partial charge in [0.25, 0.3) is 5.91 Å². The van der Waals surface area contributed by atoms with Crippen LogP contribution in [0.1, 0.15) is 32.3 Å². The van der Waals surface area contributed by atoms with E-state index in [1.54, 1.807) is 29.2 Å². The average molecular weight is 738 g/mol. The Hall–Kier alpha value is -2.46. The van der Waals surface area contributed by atoms with Crippen molar-refractivity contribution in [1.82, 2.24) is 14.9 Å². The molecule has 0 bridgehead atoms. The summed E-state index contributed by atoms with van der Waals surface area (Å²) in [5.41, 5.74) is 5.93. The molecule has 3 amide bonds. The Morgan fingerprint density at radius 1 is 1.07 bits per heavy atom. The number of nitrogens with two attached hydrogens (primary N) is 1. The molecule has 0 spiro atoms. The summed E-state index contributed by atoms with van der Waals surface area (Å²) in [6, 6.07) is 9.77. The molecule has 0 radical (unpaired) electrons. The molecular weight excluding hydrogens is 703 g/mol. The molecule has 1 fully saturated rings. The van der Waals surface area contributed by atoms with E-state index in [1.807, 2.05) is 13.8 Å². The lowest BCUT2D eigenvalue weighted by molar-refractivity contribution is -0.161. The predicted octanol–water partition coefficient (Wildman–Crippen LogP) is 3.62. The van der Waals surface area contributed by atoms with Crippen LogP contribution in [0.15, 0.2) is 51.8 Å². The van der Waals surface area contributed by atoms with E-state index >= 15 is 0 Å². The van der Waals surface area contributed by atoms with Crippen molar-refractivity contribution in [3.8, 4) is 0 Å². The number of halogens is 3. The molecule has 12 nitrogen and oxygen atoms in total. The second kappa shape index (κ2) is 16.7. The molecule has 2 unspecified atom stereocenters. The summed E-state index contributed by atoms with van der Waals surface area (Å²) in [4.78, 5) is 40.5. The molecule has 0 aromatic heterocycles. The van der Waals surface area contributed by atoms with Crippen LogP contribution in [-0.4, -0.2) is 82.0 Å². The zero-order chi connectivity index (χ0) is 32.4. The van der Waals surface area contributed by atoms with Crippen molar-refractivity contribution >= 4 is 67.1 Å². The fourth-order valence-electron chi connectivity index (χ4n) is 4.30. The zero-order valence-corrected chi connectivity index (χ0v) is 28.0. The van der Waals surface area contributed by atoms with Crippen molar-refractivity contribution in [2.75, 3.05) is 26.3 Å². The normalized spacial score (nSPS) is 14.6. The number of benzene rings is 2. The lowest BCUT2D eigenvalue weighted by Gasteiger charge is -2.31. The lowest BCUT2D eigenvalue weighted by atomic mass is 10.0. The smallest absolute Gasteiger partial charge is 0.405 e. The highest BCUT2D eigenvalue weighted by atomic mass is 79.9. The number of sulfonamides is 1. The summed E-state index contributed by atoms with van der Waals surface area (Å²) in [5.74, 6) is -1.34. The molecule has 1 aliphatic carbocycles. The van der Waals surface area contributed by atoms with Gasteiger partial charge in [0.05, 0.1) is 18.1 Å². The number of hydrogen-bond donors (Lipinski definition) is 3. The van der Waals surface area contributed by atoms with E-state index in [4.69, 9.17) is 43.1 Å². The monoisotopic (exact) mass is 736 g/mol. The Bertz CT molecular complexity index is 1410. The largest absolute Gasteiger partial charge is 0.435 e. The van der Waals surface area contributed by atoms with Gasteiger partial charge in [-0.1, -0.05) is 51.3 Å². The maximum Gasteiger partial charge on any atom is 0.405 e. The van der Waals surface area contributed by atoms with Crippen molar-refractivity contribution in [3.63, 3.8) is 0 Å². The van der Waals surface area contributed by atoms with Crippen molar-refractivity contribution in [1.29, 1.82) is 0 Å². The fraction of sp³-hybridized carbons (Fsp3) is 0.464. The van der Waals surface area contributed by atoms with Gasteiger partial charge in [-0.2, -0.15) is 0 Å². The van der Waals surface area contributed by atoms with E-state index in [9.17, 15) is 22.8 Å². The van der Waals surface area contributed by atoms with Crippen LogP contribution in [0.25, 0.3) is 0 Å². The first-order chi connectivity index (χ1) is 20.8. The maximum absolute atomic E-state index is 14.0. The first-order valence-electron chi connectivity index (χ1n) is 13.8. The molecule has 4 N–H and O–H groups in total. The van der Waals surface area contributed by atoms with Crippen LogP contribution in [0.3, 0.4) is 0 Å². The SMILES string of the molecule is CCOC(CN(C(=O)C(Cc1ccc(Br)cc1)NC(=O)C(CNS(=O)(=O)c1ccc(Cl)cc1Cl)OC(N)=O)C1CC1)OCC. The number of carbonyl (C=O) groups is 3. The molecule has 242 valence electrons. The fourth-order valence-corrected chi connectivity index (χ4v) is 6.36. The van der Waals surface area contributed by atoms with Gasteiger partial charge in [0.2, 0.25) is 15.9 Å². The number of nitrogens with one attached hydrogen (secondary N) is 2.